The molecule has 1 aliphatic heterocycles. The van der Waals surface area contributed by atoms with Crippen LogP contribution in [0.5, 0.6) is 0 Å². The SMILES string of the molecule is CCC(=O)[C@H](N)C(=O)N1CCCCC1. The number of amides is 1. The van der Waals surface area contributed by atoms with Crippen LogP contribution in [-0.2, 0) is 9.59 Å². The summed E-state index contributed by atoms with van der Waals surface area (Å²) in [6, 6.07) is -0.932. The Morgan fingerprint density at radius 2 is 1.86 bits per heavy atom. The molecular formula is C10H18N2O2. The van der Waals surface area contributed by atoms with Crippen molar-refractivity contribution in [2.24, 2.45) is 5.73 Å². The van der Waals surface area contributed by atoms with E-state index in [4.69, 9.17) is 5.73 Å². The molecule has 1 rings (SSSR count). The number of Topliss-reactive ketones (excluding diaryl/α,β-unsaturated/α-hetero) is 1. The third kappa shape index (κ3) is 2.54. The van der Waals surface area contributed by atoms with E-state index in [0.29, 0.717) is 6.42 Å². The Kier molecular flexibility index (Phi) is 4.07. The normalized spacial score (nSPS) is 19.1. The van der Waals surface area contributed by atoms with Crippen molar-refractivity contribution in [3.05, 3.63) is 0 Å². The van der Waals surface area contributed by atoms with E-state index < -0.39 is 6.04 Å². The number of hydrogen-bond acceptors (Lipinski definition) is 3. The van der Waals surface area contributed by atoms with Gasteiger partial charge >= 0.3 is 0 Å². The maximum absolute atomic E-state index is 11.7. The van der Waals surface area contributed by atoms with Gasteiger partial charge in [-0.05, 0) is 19.3 Å². The van der Waals surface area contributed by atoms with Crippen LogP contribution in [0.1, 0.15) is 32.6 Å². The molecule has 1 atom stereocenters. The van der Waals surface area contributed by atoms with E-state index in [-0.39, 0.29) is 11.7 Å². The first kappa shape index (κ1) is 11.2. The molecule has 0 saturated carbocycles. The summed E-state index contributed by atoms with van der Waals surface area (Å²) in [5, 5.41) is 0. The van der Waals surface area contributed by atoms with E-state index in [2.05, 4.69) is 0 Å². The molecule has 0 spiro atoms. The predicted molar refractivity (Wildman–Crippen MR) is 53.7 cm³/mol. The summed E-state index contributed by atoms with van der Waals surface area (Å²) < 4.78 is 0. The van der Waals surface area contributed by atoms with Crippen LogP contribution < -0.4 is 5.73 Å². The second-order valence-electron chi connectivity index (χ2n) is 3.68. The molecule has 4 nitrogen and oxygen atoms in total. The van der Waals surface area contributed by atoms with Crippen molar-refractivity contribution >= 4 is 11.7 Å². The average Bonchev–Trinajstić information content (AvgIpc) is 2.27. The third-order valence-electron chi connectivity index (χ3n) is 2.63. The lowest BCUT2D eigenvalue weighted by molar-refractivity contribution is -0.138. The number of ketones is 1. The minimum absolute atomic E-state index is 0.166. The molecule has 1 amide bonds. The van der Waals surface area contributed by atoms with Crippen molar-refractivity contribution in [3.8, 4) is 0 Å². The fourth-order valence-corrected chi connectivity index (χ4v) is 1.67. The molecule has 1 fully saturated rings. The summed E-state index contributed by atoms with van der Waals surface area (Å²) in [6.07, 6.45) is 3.55. The van der Waals surface area contributed by atoms with Gasteiger partial charge in [0, 0.05) is 19.5 Å². The van der Waals surface area contributed by atoms with Gasteiger partial charge in [0.2, 0.25) is 5.91 Å². The molecule has 14 heavy (non-hydrogen) atoms. The van der Waals surface area contributed by atoms with E-state index in [0.717, 1.165) is 25.9 Å². The first-order chi connectivity index (χ1) is 6.66. The molecule has 0 bridgehead atoms. The maximum atomic E-state index is 11.7. The number of nitrogens with two attached hydrogens (primary N) is 1. The Labute approximate surface area is 84.4 Å². The molecule has 80 valence electrons. The molecule has 4 heteroatoms. The summed E-state index contributed by atoms with van der Waals surface area (Å²) in [6.45, 7) is 3.23. The smallest absolute Gasteiger partial charge is 0.247 e. The monoisotopic (exact) mass is 198 g/mol. The minimum Gasteiger partial charge on any atom is -0.341 e. The van der Waals surface area contributed by atoms with E-state index in [1.165, 1.54) is 6.42 Å². The van der Waals surface area contributed by atoms with Crippen molar-refractivity contribution in [2.45, 2.75) is 38.6 Å². The zero-order chi connectivity index (χ0) is 10.6. The minimum atomic E-state index is -0.932. The van der Waals surface area contributed by atoms with Crippen molar-refractivity contribution in [1.82, 2.24) is 4.90 Å². The molecular weight excluding hydrogens is 180 g/mol. The number of likely N-dealkylation sites (tertiary alicyclic amines) is 1. The van der Waals surface area contributed by atoms with Gasteiger partial charge in [-0.2, -0.15) is 0 Å². The topological polar surface area (TPSA) is 63.4 Å². The highest BCUT2D eigenvalue weighted by Gasteiger charge is 2.26. The van der Waals surface area contributed by atoms with Gasteiger partial charge in [0.05, 0.1) is 0 Å². The summed E-state index contributed by atoms with van der Waals surface area (Å²) in [4.78, 5) is 24.6. The molecule has 1 heterocycles. The number of piperidine rings is 1. The van der Waals surface area contributed by atoms with Gasteiger partial charge in [-0.1, -0.05) is 6.92 Å². The van der Waals surface area contributed by atoms with Crippen LogP contribution in [0, 0.1) is 0 Å². The van der Waals surface area contributed by atoms with Crippen LogP contribution in [0.3, 0.4) is 0 Å². The number of carbonyl (C=O) groups is 2. The van der Waals surface area contributed by atoms with Gasteiger partial charge in [0.15, 0.2) is 5.78 Å². The van der Waals surface area contributed by atoms with Crippen molar-refractivity contribution in [2.75, 3.05) is 13.1 Å². The molecule has 2 N–H and O–H groups in total. The first-order valence-corrected chi connectivity index (χ1v) is 5.24. The van der Waals surface area contributed by atoms with Crippen LogP contribution >= 0.6 is 0 Å². The zero-order valence-electron chi connectivity index (χ0n) is 8.66. The van der Waals surface area contributed by atoms with Crippen molar-refractivity contribution < 1.29 is 9.59 Å². The lowest BCUT2D eigenvalue weighted by atomic mass is 10.1. The molecule has 0 radical (unpaired) electrons. The Morgan fingerprint density at radius 1 is 1.29 bits per heavy atom. The van der Waals surface area contributed by atoms with Gasteiger partial charge in [0.25, 0.3) is 0 Å². The van der Waals surface area contributed by atoms with E-state index >= 15 is 0 Å². The fourth-order valence-electron chi connectivity index (χ4n) is 1.67. The summed E-state index contributed by atoms with van der Waals surface area (Å²) in [5.41, 5.74) is 5.56. The molecule has 1 saturated heterocycles. The van der Waals surface area contributed by atoms with Gasteiger partial charge in [0.1, 0.15) is 6.04 Å². The number of nitrogens with zero attached hydrogens (tertiary/aromatic N) is 1. The number of carbonyl (C=O) groups excluding carboxylic acids is 2. The van der Waals surface area contributed by atoms with E-state index in [1.807, 2.05) is 0 Å². The highest BCUT2D eigenvalue weighted by Crippen LogP contribution is 2.09. The lowest BCUT2D eigenvalue weighted by Gasteiger charge is -2.28. The molecule has 0 aromatic heterocycles. The van der Waals surface area contributed by atoms with Gasteiger partial charge in [-0.3, -0.25) is 9.59 Å². The Balaban J connectivity index is 2.50. The van der Waals surface area contributed by atoms with E-state index in [1.54, 1.807) is 11.8 Å². The molecule has 0 aromatic rings. The van der Waals surface area contributed by atoms with Gasteiger partial charge < -0.3 is 10.6 Å². The summed E-state index contributed by atoms with van der Waals surface area (Å²) in [5.74, 6) is -0.364. The van der Waals surface area contributed by atoms with Crippen LogP contribution in [0.4, 0.5) is 0 Å². The molecule has 0 aromatic carbocycles. The quantitative estimate of drug-likeness (QED) is 0.664. The largest absolute Gasteiger partial charge is 0.341 e. The standard InChI is InChI=1S/C10H18N2O2/c1-2-8(13)9(11)10(14)12-6-4-3-5-7-12/h9H,2-7,11H2,1H3/t9-/m0/s1. The van der Waals surface area contributed by atoms with Crippen LogP contribution in [0.15, 0.2) is 0 Å². The highest BCUT2D eigenvalue weighted by atomic mass is 16.2. The molecule has 0 aliphatic carbocycles. The number of hydrogen-bond donors (Lipinski definition) is 1. The van der Waals surface area contributed by atoms with Crippen molar-refractivity contribution in [1.29, 1.82) is 0 Å². The molecule has 0 unspecified atom stereocenters. The summed E-state index contributed by atoms with van der Waals surface area (Å²) in [7, 11) is 0. The Morgan fingerprint density at radius 3 is 2.36 bits per heavy atom. The second-order valence-corrected chi connectivity index (χ2v) is 3.68. The van der Waals surface area contributed by atoms with E-state index in [9.17, 15) is 9.59 Å². The van der Waals surface area contributed by atoms with Gasteiger partial charge in [-0.25, -0.2) is 0 Å². The predicted octanol–water partition coefficient (Wildman–Crippen LogP) is 0.305. The Hall–Kier alpha value is -0.900. The maximum Gasteiger partial charge on any atom is 0.247 e. The van der Waals surface area contributed by atoms with Crippen LogP contribution in [-0.4, -0.2) is 35.7 Å². The molecule has 1 aliphatic rings. The number of rotatable bonds is 3. The lowest BCUT2D eigenvalue weighted by Crippen LogP contribution is -2.49. The van der Waals surface area contributed by atoms with Crippen LogP contribution in [0.2, 0.25) is 0 Å². The fraction of sp³-hybridized carbons (Fsp3) is 0.800. The highest BCUT2D eigenvalue weighted by molar-refractivity contribution is 6.05. The first-order valence-electron chi connectivity index (χ1n) is 5.24. The Bertz CT molecular complexity index is 222. The summed E-state index contributed by atoms with van der Waals surface area (Å²) >= 11 is 0. The second kappa shape index (κ2) is 5.10. The zero-order valence-corrected chi connectivity index (χ0v) is 8.66. The third-order valence-corrected chi connectivity index (χ3v) is 2.63. The van der Waals surface area contributed by atoms with Crippen molar-refractivity contribution in [3.63, 3.8) is 0 Å². The average molecular weight is 198 g/mol. The van der Waals surface area contributed by atoms with Crippen LogP contribution in [0.25, 0.3) is 0 Å². The van der Waals surface area contributed by atoms with Gasteiger partial charge in [-0.15, -0.1) is 0 Å².